The van der Waals surface area contributed by atoms with E-state index in [0.717, 1.165) is 19.4 Å². The van der Waals surface area contributed by atoms with Gasteiger partial charge in [-0.3, -0.25) is 4.55 Å². The Hall–Kier alpha value is -1.49. The summed E-state index contributed by atoms with van der Waals surface area (Å²) in [7, 11) is 5.54. The van der Waals surface area contributed by atoms with E-state index in [-0.39, 0.29) is 18.3 Å². The third-order valence-electron chi connectivity index (χ3n) is 3.51. The number of carboxylic acid groups (broad SMARTS) is 1. The van der Waals surface area contributed by atoms with E-state index in [9.17, 15) is 23.1 Å². The number of carbonyl (C=O) groups is 2. The van der Waals surface area contributed by atoms with Gasteiger partial charge in [0.25, 0.3) is 10.1 Å². The highest BCUT2D eigenvalue weighted by atomic mass is 32.2. The summed E-state index contributed by atoms with van der Waals surface area (Å²) in [6.45, 7) is 7.08. The van der Waals surface area contributed by atoms with E-state index in [1.807, 2.05) is 14.1 Å². The van der Waals surface area contributed by atoms with Crippen molar-refractivity contribution in [2.24, 2.45) is 0 Å². The lowest BCUT2D eigenvalue weighted by Gasteiger charge is -2.29. The summed E-state index contributed by atoms with van der Waals surface area (Å²) in [5.41, 5.74) is 0.395. The molecule has 1 N–H and O–H groups in total. The number of rotatable bonds is 12. The van der Waals surface area contributed by atoms with Crippen molar-refractivity contribution in [2.45, 2.75) is 26.2 Å². The number of hydrogen-bond acceptors (Lipinski definition) is 6. The molecule has 0 aromatic heterocycles. The van der Waals surface area contributed by atoms with Crippen molar-refractivity contribution >= 4 is 22.1 Å². The third-order valence-corrected chi connectivity index (χ3v) is 4.31. The number of unbranched alkanes of at least 4 members (excludes halogenated alkanes) is 1. The van der Waals surface area contributed by atoms with Crippen molar-refractivity contribution in [1.82, 2.24) is 0 Å². The molecule has 0 aliphatic heterocycles. The van der Waals surface area contributed by atoms with Gasteiger partial charge in [-0.25, -0.2) is 4.79 Å². The first-order valence-corrected chi connectivity index (χ1v) is 10.7. The molecule has 166 valence electrons. The number of carboxylic acids is 1. The predicted molar refractivity (Wildman–Crippen MR) is 106 cm³/mol. The minimum atomic E-state index is -3.87. The number of likely N-dealkylation sites (N-methyl/N-ethyl adjacent to an activating group) is 1. The monoisotopic (exact) mass is 425 g/mol. The molecule has 0 bridgehead atoms. The Labute approximate surface area is 169 Å². The van der Waals surface area contributed by atoms with Gasteiger partial charge in [0.15, 0.2) is 0 Å². The Bertz CT molecular complexity index is 608. The van der Waals surface area contributed by atoms with Crippen LogP contribution in [0.15, 0.2) is 12.2 Å². The SMILES string of the molecule is C=C(C)C(=O)OCCCC[N+](C)(C)CCCS(=O)(=O)O.C[N+](C)(C)CC(=O)[O-]. The highest BCUT2D eigenvalue weighted by molar-refractivity contribution is 7.85. The van der Waals surface area contributed by atoms with Gasteiger partial charge in [0.1, 0.15) is 6.54 Å². The topological polar surface area (TPSA) is 121 Å². The molecule has 0 atom stereocenters. The van der Waals surface area contributed by atoms with Crippen LogP contribution in [0.2, 0.25) is 0 Å². The van der Waals surface area contributed by atoms with E-state index in [1.165, 1.54) is 0 Å². The van der Waals surface area contributed by atoms with Gasteiger partial charge in [0.05, 0.1) is 66.7 Å². The molecule has 9 nitrogen and oxygen atoms in total. The molecule has 28 heavy (non-hydrogen) atoms. The van der Waals surface area contributed by atoms with Crippen LogP contribution >= 0.6 is 0 Å². The van der Waals surface area contributed by atoms with Crippen LogP contribution in [0.5, 0.6) is 0 Å². The van der Waals surface area contributed by atoms with Crippen LogP contribution in [0.25, 0.3) is 0 Å². The Morgan fingerprint density at radius 1 is 1.04 bits per heavy atom. The summed E-state index contributed by atoms with van der Waals surface area (Å²) in [5.74, 6) is -1.57. The second-order valence-corrected chi connectivity index (χ2v) is 10.0. The first kappa shape index (κ1) is 28.7. The molecule has 0 aliphatic carbocycles. The van der Waals surface area contributed by atoms with E-state index >= 15 is 0 Å². The summed E-state index contributed by atoms with van der Waals surface area (Å²) in [5, 5.41) is 9.89. The fraction of sp³-hybridized carbons (Fsp3) is 0.778. The summed E-state index contributed by atoms with van der Waals surface area (Å²) in [6, 6.07) is 0. The molecule has 0 fully saturated rings. The summed E-state index contributed by atoms with van der Waals surface area (Å²) in [4.78, 5) is 21.0. The first-order chi connectivity index (χ1) is 12.5. The lowest BCUT2D eigenvalue weighted by Crippen LogP contribution is -2.45. The van der Waals surface area contributed by atoms with Gasteiger partial charge in [0.2, 0.25) is 0 Å². The van der Waals surface area contributed by atoms with Crippen molar-refractivity contribution in [2.75, 3.05) is 67.2 Å². The zero-order valence-corrected chi connectivity index (χ0v) is 18.9. The maximum atomic E-state index is 11.1. The zero-order chi connectivity index (χ0) is 22.6. The maximum Gasteiger partial charge on any atom is 0.333 e. The highest BCUT2D eigenvalue weighted by Crippen LogP contribution is 2.05. The van der Waals surface area contributed by atoms with Crippen LogP contribution in [0, 0.1) is 0 Å². The molecule has 0 saturated heterocycles. The van der Waals surface area contributed by atoms with Crippen molar-refractivity contribution in [3.8, 4) is 0 Å². The molecular weight excluding hydrogens is 388 g/mol. The van der Waals surface area contributed by atoms with Crippen molar-refractivity contribution in [3.63, 3.8) is 0 Å². The number of carbonyl (C=O) groups excluding carboxylic acids is 2. The van der Waals surface area contributed by atoms with Crippen molar-refractivity contribution in [1.29, 1.82) is 0 Å². The van der Waals surface area contributed by atoms with E-state index in [1.54, 1.807) is 28.1 Å². The Kier molecular flexibility index (Phi) is 13.2. The van der Waals surface area contributed by atoms with Crippen LogP contribution in [-0.2, 0) is 24.4 Å². The average molecular weight is 426 g/mol. The minimum Gasteiger partial charge on any atom is -0.544 e. The second kappa shape index (κ2) is 12.9. The molecule has 10 heteroatoms. The zero-order valence-electron chi connectivity index (χ0n) is 18.1. The highest BCUT2D eigenvalue weighted by Gasteiger charge is 2.16. The molecular formula is C18H37N2O7S+. The Morgan fingerprint density at radius 3 is 1.89 bits per heavy atom. The molecule has 0 unspecified atom stereocenters. The van der Waals surface area contributed by atoms with Crippen LogP contribution in [-0.4, -0.2) is 101 Å². The standard InChI is InChI=1S/C13H25NO5S.C5H11NO2/c1-12(2)13(15)19-10-6-5-8-14(3,4)9-7-11-20(16,17)18;1-6(2,3)4-5(7)8/h1,5-11H2,2-4H3;4H2,1-3H3/p+1. The van der Waals surface area contributed by atoms with Gasteiger partial charge in [-0.15, -0.1) is 0 Å². The Morgan fingerprint density at radius 2 is 1.54 bits per heavy atom. The maximum absolute atomic E-state index is 11.1. The average Bonchev–Trinajstić information content (AvgIpc) is 2.42. The molecule has 0 amide bonds. The second-order valence-electron chi connectivity index (χ2n) is 8.47. The minimum absolute atomic E-state index is 0.0694. The number of aliphatic carboxylic acids is 1. The van der Waals surface area contributed by atoms with E-state index in [4.69, 9.17) is 9.29 Å². The third kappa shape index (κ3) is 22.6. The number of nitrogens with zero attached hydrogens (tertiary/aromatic N) is 2. The number of quaternary nitrogens is 2. The van der Waals surface area contributed by atoms with Crippen LogP contribution in [0.1, 0.15) is 26.2 Å². The predicted octanol–water partition coefficient (Wildman–Crippen LogP) is -0.317. The van der Waals surface area contributed by atoms with E-state index < -0.39 is 16.1 Å². The molecule has 0 heterocycles. The van der Waals surface area contributed by atoms with E-state index in [2.05, 4.69) is 6.58 Å². The van der Waals surface area contributed by atoms with Crippen molar-refractivity contribution < 1.29 is 41.4 Å². The molecule has 0 aliphatic rings. The first-order valence-electron chi connectivity index (χ1n) is 9.05. The van der Waals surface area contributed by atoms with Gasteiger partial charge in [-0.1, -0.05) is 6.58 Å². The summed E-state index contributed by atoms with van der Waals surface area (Å²) < 4.78 is 36.0. The van der Waals surface area contributed by atoms with Gasteiger partial charge >= 0.3 is 5.97 Å². The lowest BCUT2D eigenvalue weighted by atomic mass is 10.2. The number of ether oxygens (including phenoxy) is 1. The van der Waals surface area contributed by atoms with Gasteiger partial charge in [-0.05, 0) is 19.8 Å². The van der Waals surface area contributed by atoms with Gasteiger partial charge < -0.3 is 23.6 Å². The van der Waals surface area contributed by atoms with E-state index in [0.29, 0.717) is 34.1 Å². The molecule has 0 spiro atoms. The number of esters is 1. The summed E-state index contributed by atoms with van der Waals surface area (Å²) in [6.07, 6.45) is 2.07. The van der Waals surface area contributed by atoms with Crippen LogP contribution < -0.4 is 5.11 Å². The van der Waals surface area contributed by atoms with Crippen molar-refractivity contribution in [3.05, 3.63) is 12.2 Å². The largest absolute Gasteiger partial charge is 0.544 e. The fourth-order valence-electron chi connectivity index (χ4n) is 2.10. The van der Waals surface area contributed by atoms with Crippen LogP contribution in [0.3, 0.4) is 0 Å². The molecule has 0 aromatic rings. The lowest BCUT2D eigenvalue weighted by molar-refractivity contribution is -0.890. The molecule has 0 rings (SSSR count). The van der Waals surface area contributed by atoms with Gasteiger partial charge in [-0.2, -0.15) is 8.42 Å². The van der Waals surface area contributed by atoms with Gasteiger partial charge in [0, 0.05) is 12.0 Å². The quantitative estimate of drug-likeness (QED) is 0.150. The Balaban J connectivity index is 0. The number of hydrogen-bond donors (Lipinski definition) is 1. The molecule has 0 radical (unpaired) electrons. The van der Waals surface area contributed by atoms with Crippen LogP contribution in [0.4, 0.5) is 0 Å². The smallest absolute Gasteiger partial charge is 0.333 e. The summed E-state index contributed by atoms with van der Waals surface area (Å²) >= 11 is 0. The molecule has 0 aromatic carbocycles. The fourth-order valence-corrected chi connectivity index (χ4v) is 2.60. The molecule has 0 saturated carbocycles. The normalized spacial score (nSPS) is 12.0.